The van der Waals surface area contributed by atoms with E-state index < -0.39 is 0 Å². The summed E-state index contributed by atoms with van der Waals surface area (Å²) in [6.07, 6.45) is 1.71. The van der Waals surface area contributed by atoms with Gasteiger partial charge in [0.1, 0.15) is 0 Å². The van der Waals surface area contributed by atoms with Crippen molar-refractivity contribution in [1.29, 1.82) is 0 Å². The van der Waals surface area contributed by atoms with Gasteiger partial charge in [0.15, 0.2) is 5.90 Å². The van der Waals surface area contributed by atoms with Crippen molar-refractivity contribution in [2.24, 2.45) is 4.99 Å². The summed E-state index contributed by atoms with van der Waals surface area (Å²) in [5.41, 5.74) is 2.64. The lowest BCUT2D eigenvalue weighted by Gasteiger charge is -2.32. The Kier molecular flexibility index (Phi) is 5.26. The van der Waals surface area contributed by atoms with E-state index in [9.17, 15) is 0 Å². The minimum Gasteiger partial charge on any atom is -0.478 e. The average Bonchev–Trinajstić information content (AvgIpc) is 2.50. The molecule has 0 aromatic heterocycles. The molecule has 0 aliphatic carbocycles. The molecule has 2 aromatic carbocycles. The van der Waals surface area contributed by atoms with Crippen LogP contribution < -0.4 is 5.32 Å². The molecule has 3 nitrogen and oxygen atoms in total. The molecule has 1 atom stereocenters. The summed E-state index contributed by atoms with van der Waals surface area (Å²) in [6, 6.07) is 13.5. The van der Waals surface area contributed by atoms with E-state index in [1.165, 1.54) is 0 Å². The molecule has 1 unspecified atom stereocenters. The Morgan fingerprint density at radius 3 is 2.48 bits per heavy atom. The van der Waals surface area contributed by atoms with Crippen LogP contribution in [-0.2, 0) is 11.2 Å². The molecule has 0 spiro atoms. The van der Waals surface area contributed by atoms with Gasteiger partial charge in [0.2, 0.25) is 0 Å². The normalized spacial score (nSPS) is 19.1. The van der Waals surface area contributed by atoms with Crippen molar-refractivity contribution in [1.82, 2.24) is 0 Å². The Morgan fingerprint density at radius 2 is 1.80 bits per heavy atom. The zero-order valence-electron chi connectivity index (χ0n) is 14.6. The molecular formula is C20H22Cl2N2O. The van der Waals surface area contributed by atoms with E-state index in [1.54, 1.807) is 0 Å². The third kappa shape index (κ3) is 4.47. The van der Waals surface area contributed by atoms with Gasteiger partial charge in [-0.1, -0.05) is 47.5 Å². The SMILES string of the molecule is CC1CC(C)(C)N=C(Cc2ccccc2Nc2c(Cl)cccc2Cl)O1. The Labute approximate surface area is 159 Å². The summed E-state index contributed by atoms with van der Waals surface area (Å²) in [6.45, 7) is 6.36. The first-order valence-electron chi connectivity index (χ1n) is 8.38. The Morgan fingerprint density at radius 1 is 1.12 bits per heavy atom. The van der Waals surface area contributed by atoms with E-state index in [4.69, 9.17) is 32.9 Å². The van der Waals surface area contributed by atoms with Gasteiger partial charge in [-0.15, -0.1) is 0 Å². The van der Waals surface area contributed by atoms with E-state index in [0.29, 0.717) is 22.2 Å². The van der Waals surface area contributed by atoms with Gasteiger partial charge < -0.3 is 10.1 Å². The predicted molar refractivity (Wildman–Crippen MR) is 107 cm³/mol. The van der Waals surface area contributed by atoms with Crippen LogP contribution in [0.5, 0.6) is 0 Å². The smallest absolute Gasteiger partial charge is 0.188 e. The first-order valence-corrected chi connectivity index (χ1v) is 9.14. The number of ether oxygens (including phenoxy) is 1. The van der Waals surface area contributed by atoms with Crippen LogP contribution >= 0.6 is 23.2 Å². The number of para-hydroxylation sites is 2. The van der Waals surface area contributed by atoms with Gasteiger partial charge in [-0.2, -0.15) is 0 Å². The highest BCUT2D eigenvalue weighted by molar-refractivity contribution is 6.39. The molecule has 1 aliphatic heterocycles. The van der Waals surface area contributed by atoms with Gasteiger partial charge >= 0.3 is 0 Å². The van der Waals surface area contributed by atoms with Gasteiger partial charge in [0.05, 0.1) is 33.8 Å². The van der Waals surface area contributed by atoms with Crippen molar-refractivity contribution < 1.29 is 4.74 Å². The van der Waals surface area contributed by atoms with Gasteiger partial charge in [0.25, 0.3) is 0 Å². The molecule has 25 heavy (non-hydrogen) atoms. The van der Waals surface area contributed by atoms with Gasteiger partial charge in [-0.25, -0.2) is 4.99 Å². The monoisotopic (exact) mass is 376 g/mol. The molecule has 1 aliphatic rings. The maximum Gasteiger partial charge on any atom is 0.188 e. The molecule has 0 amide bonds. The van der Waals surface area contributed by atoms with Crippen molar-refractivity contribution in [2.45, 2.75) is 45.3 Å². The maximum atomic E-state index is 6.28. The largest absolute Gasteiger partial charge is 0.478 e. The molecule has 1 N–H and O–H groups in total. The minimum atomic E-state index is -0.0958. The van der Waals surface area contributed by atoms with Crippen molar-refractivity contribution in [3.05, 3.63) is 58.1 Å². The quantitative estimate of drug-likeness (QED) is 0.682. The molecule has 5 heteroatoms. The molecule has 0 saturated heterocycles. The zero-order chi connectivity index (χ0) is 18.0. The highest BCUT2D eigenvalue weighted by Gasteiger charge is 2.28. The summed E-state index contributed by atoms with van der Waals surface area (Å²) in [5, 5.41) is 4.53. The van der Waals surface area contributed by atoms with Crippen LogP contribution in [0.15, 0.2) is 47.5 Å². The molecule has 3 rings (SSSR count). The topological polar surface area (TPSA) is 33.6 Å². The number of hydrogen-bond donors (Lipinski definition) is 1. The number of nitrogens with zero attached hydrogens (tertiary/aromatic N) is 1. The lowest BCUT2D eigenvalue weighted by molar-refractivity contribution is 0.141. The maximum absolute atomic E-state index is 6.28. The summed E-state index contributed by atoms with van der Waals surface area (Å²) >= 11 is 12.6. The number of hydrogen-bond acceptors (Lipinski definition) is 3. The fraction of sp³-hybridized carbons (Fsp3) is 0.350. The van der Waals surface area contributed by atoms with Crippen molar-refractivity contribution in [2.75, 3.05) is 5.32 Å². The summed E-state index contributed by atoms with van der Waals surface area (Å²) in [4.78, 5) is 4.76. The summed E-state index contributed by atoms with van der Waals surface area (Å²) < 4.78 is 5.95. The van der Waals surface area contributed by atoms with Crippen LogP contribution in [0.25, 0.3) is 0 Å². The molecule has 1 heterocycles. The highest BCUT2D eigenvalue weighted by Crippen LogP contribution is 2.34. The Hall–Kier alpha value is -1.71. The number of aliphatic imine (C=N–C) groups is 1. The average molecular weight is 377 g/mol. The van der Waals surface area contributed by atoms with Crippen LogP contribution in [0.1, 0.15) is 32.8 Å². The Balaban J connectivity index is 1.88. The van der Waals surface area contributed by atoms with Crippen LogP contribution in [0.3, 0.4) is 0 Å². The number of nitrogens with one attached hydrogen (secondary N) is 1. The van der Waals surface area contributed by atoms with E-state index in [0.717, 1.165) is 23.6 Å². The van der Waals surface area contributed by atoms with Crippen molar-refractivity contribution in [3.63, 3.8) is 0 Å². The molecule has 0 bridgehead atoms. The lowest BCUT2D eigenvalue weighted by atomic mass is 9.96. The van der Waals surface area contributed by atoms with E-state index >= 15 is 0 Å². The predicted octanol–water partition coefficient (Wildman–Crippen LogP) is 6.27. The second kappa shape index (κ2) is 7.27. The molecule has 0 saturated carbocycles. The first-order chi connectivity index (χ1) is 11.8. The lowest BCUT2D eigenvalue weighted by Crippen LogP contribution is -2.34. The summed E-state index contributed by atoms with van der Waals surface area (Å²) in [7, 11) is 0. The fourth-order valence-electron chi connectivity index (χ4n) is 3.18. The Bertz CT molecular complexity index is 782. The number of anilines is 2. The van der Waals surface area contributed by atoms with Crippen LogP contribution in [0.4, 0.5) is 11.4 Å². The second-order valence-electron chi connectivity index (χ2n) is 7.01. The number of benzene rings is 2. The molecule has 0 radical (unpaired) electrons. The van der Waals surface area contributed by atoms with Crippen LogP contribution in [-0.4, -0.2) is 17.5 Å². The van der Waals surface area contributed by atoms with Gasteiger partial charge in [0, 0.05) is 12.1 Å². The molecule has 0 fully saturated rings. The van der Waals surface area contributed by atoms with Crippen LogP contribution in [0, 0.1) is 0 Å². The third-order valence-corrected chi connectivity index (χ3v) is 4.76. The van der Waals surface area contributed by atoms with Gasteiger partial charge in [-0.05, 0) is 44.5 Å². The summed E-state index contributed by atoms with van der Waals surface area (Å²) in [5.74, 6) is 0.767. The first kappa shape index (κ1) is 18.1. The highest BCUT2D eigenvalue weighted by atomic mass is 35.5. The number of halogens is 2. The second-order valence-corrected chi connectivity index (χ2v) is 7.82. The standard InChI is InChI=1S/C20H22Cl2N2O/c1-13-12-20(2,3)24-18(25-13)11-14-7-4-5-10-17(14)23-19-15(21)8-6-9-16(19)22/h4-10,13,23H,11-12H2,1-3H3. The molecular weight excluding hydrogens is 355 g/mol. The van der Waals surface area contributed by atoms with Crippen molar-refractivity contribution in [3.8, 4) is 0 Å². The minimum absolute atomic E-state index is 0.0958. The van der Waals surface area contributed by atoms with E-state index in [2.05, 4.69) is 32.2 Å². The molecule has 2 aromatic rings. The molecule has 132 valence electrons. The van der Waals surface area contributed by atoms with Crippen molar-refractivity contribution >= 4 is 40.5 Å². The fourth-order valence-corrected chi connectivity index (χ4v) is 3.67. The number of rotatable bonds is 4. The van der Waals surface area contributed by atoms with E-state index in [-0.39, 0.29) is 11.6 Å². The third-order valence-electron chi connectivity index (χ3n) is 4.13. The van der Waals surface area contributed by atoms with E-state index in [1.807, 2.05) is 36.4 Å². The van der Waals surface area contributed by atoms with Crippen LogP contribution in [0.2, 0.25) is 10.0 Å². The van der Waals surface area contributed by atoms with Gasteiger partial charge in [-0.3, -0.25) is 0 Å². The zero-order valence-corrected chi connectivity index (χ0v) is 16.2.